The molecule has 0 bridgehead atoms. The van der Waals surface area contributed by atoms with E-state index in [4.69, 9.17) is 9.72 Å². The van der Waals surface area contributed by atoms with E-state index >= 15 is 8.78 Å². The molecule has 0 spiro atoms. The Bertz CT molecular complexity index is 3920. The molecule has 0 saturated heterocycles. The van der Waals surface area contributed by atoms with Crippen molar-refractivity contribution in [1.82, 2.24) is 9.55 Å². The van der Waals surface area contributed by atoms with Crippen LogP contribution < -0.4 is 14.5 Å². The molecule has 8 heteroatoms. The number of anilines is 4. The van der Waals surface area contributed by atoms with E-state index in [-0.39, 0.29) is 29.5 Å². The SMILES string of the molecule is Cc1cccc(C)c1-c1cc(Oc2ccc3c4ccccc4n(-c4cc(C(C)(C)C)ccn4)c3c2)cc(N2CN(c3c(-c4cc(C(C)C)cc(C(C)C)c4)cc(C(C)(C)C)cc3-c3c(F)cc(F)cc3F)c3ccccc32)c1. The number of hydrogen-bond donors (Lipinski definition) is 0. The maximum Gasteiger partial charge on any atom is 0.137 e. The summed E-state index contributed by atoms with van der Waals surface area (Å²) in [6.07, 6.45) is 1.89. The van der Waals surface area contributed by atoms with E-state index in [0.29, 0.717) is 22.7 Å². The molecule has 11 rings (SSSR count). The first-order valence-corrected chi connectivity index (χ1v) is 27.2. The molecule has 0 N–H and O–H groups in total. The van der Waals surface area contributed by atoms with E-state index in [1.54, 1.807) is 0 Å². The summed E-state index contributed by atoms with van der Waals surface area (Å²) < 4.78 is 57.6. The molecule has 1 aliphatic heterocycles. The number of nitrogens with zero attached hydrogens (tertiary/aromatic N) is 4. The van der Waals surface area contributed by atoms with E-state index in [9.17, 15) is 4.39 Å². The Kier molecular flexibility index (Phi) is 13.1. The number of halogens is 3. The molecule has 394 valence electrons. The standard InChI is InChI=1S/C70H67F3N4O/c1-41(2)45-28-46(42(3)4)30-47(29-45)57-33-50(70(10,11)12)34-58(67-59(72)36-51(71)37-60(67)73)68(57)76-40-75(62-22-15-16-23-63(62)76)52-31-48(66-43(5)18-17-19-44(66)6)32-54(38-52)78-53-24-25-56-55-20-13-14-21-61(55)77(64(56)39-53)65-35-49(26-27-74-65)69(7,8)9/h13-39,41-42H,40H2,1-12H3. The van der Waals surface area contributed by atoms with Crippen LogP contribution in [0.2, 0.25) is 0 Å². The molecule has 0 unspecified atom stereocenters. The minimum Gasteiger partial charge on any atom is -0.457 e. The number of aryl methyl sites for hydroxylation is 2. The van der Waals surface area contributed by atoms with Crippen LogP contribution in [0.5, 0.6) is 11.5 Å². The first-order valence-electron chi connectivity index (χ1n) is 27.2. The topological polar surface area (TPSA) is 33.5 Å². The minimum atomic E-state index is -0.974. The average molecular weight is 1040 g/mol. The molecule has 0 aliphatic carbocycles. The van der Waals surface area contributed by atoms with Gasteiger partial charge in [0.2, 0.25) is 0 Å². The summed E-state index contributed by atoms with van der Waals surface area (Å²) in [6.45, 7) is 26.2. The summed E-state index contributed by atoms with van der Waals surface area (Å²) in [4.78, 5) is 9.35. The Labute approximate surface area is 457 Å². The molecule has 0 radical (unpaired) electrons. The molecule has 8 aromatic carbocycles. The van der Waals surface area contributed by atoms with E-state index in [0.717, 1.165) is 107 Å². The zero-order chi connectivity index (χ0) is 55.1. The number of para-hydroxylation sites is 3. The summed E-state index contributed by atoms with van der Waals surface area (Å²) in [7, 11) is 0. The molecule has 0 amide bonds. The molecule has 3 heterocycles. The van der Waals surface area contributed by atoms with Gasteiger partial charge in [-0.05, 0) is 153 Å². The van der Waals surface area contributed by atoms with Crippen LogP contribution in [0, 0.1) is 31.3 Å². The zero-order valence-electron chi connectivity index (χ0n) is 46.8. The molecule has 0 atom stereocenters. The van der Waals surface area contributed by atoms with Crippen LogP contribution in [-0.2, 0) is 10.8 Å². The number of ether oxygens (including phenoxy) is 1. The second-order valence-corrected chi connectivity index (χ2v) is 23.9. The van der Waals surface area contributed by atoms with Crippen molar-refractivity contribution in [2.45, 2.75) is 106 Å². The van der Waals surface area contributed by atoms with Gasteiger partial charge in [0.1, 0.15) is 41.4 Å². The van der Waals surface area contributed by atoms with Gasteiger partial charge in [-0.2, -0.15) is 0 Å². The van der Waals surface area contributed by atoms with Crippen molar-refractivity contribution in [3.8, 4) is 50.7 Å². The molecule has 0 saturated carbocycles. The van der Waals surface area contributed by atoms with Crippen molar-refractivity contribution in [2.24, 2.45) is 0 Å². The van der Waals surface area contributed by atoms with Gasteiger partial charge in [-0.1, -0.05) is 136 Å². The summed E-state index contributed by atoms with van der Waals surface area (Å²) in [5, 5.41) is 2.21. The van der Waals surface area contributed by atoms with Crippen molar-refractivity contribution in [3.63, 3.8) is 0 Å². The molecule has 0 fully saturated rings. The van der Waals surface area contributed by atoms with Crippen molar-refractivity contribution in [3.05, 3.63) is 215 Å². The average Bonchev–Trinajstić information content (AvgIpc) is 4.08. The van der Waals surface area contributed by atoms with Crippen LogP contribution in [-0.4, -0.2) is 16.2 Å². The Morgan fingerprint density at radius 2 is 1.13 bits per heavy atom. The second kappa shape index (κ2) is 19.7. The summed E-state index contributed by atoms with van der Waals surface area (Å²) in [6, 6.07) is 52.3. The Morgan fingerprint density at radius 1 is 0.513 bits per heavy atom. The monoisotopic (exact) mass is 1040 g/mol. The third kappa shape index (κ3) is 9.50. The normalized spacial score (nSPS) is 12.9. The van der Waals surface area contributed by atoms with E-state index < -0.39 is 22.9 Å². The molecule has 2 aromatic heterocycles. The van der Waals surface area contributed by atoms with Crippen molar-refractivity contribution >= 4 is 44.6 Å². The summed E-state index contributed by atoms with van der Waals surface area (Å²) in [5.74, 6) is -0.363. The predicted molar refractivity (Wildman–Crippen MR) is 318 cm³/mol. The largest absolute Gasteiger partial charge is 0.457 e. The molecule has 1 aliphatic rings. The number of hydrogen-bond acceptors (Lipinski definition) is 4. The van der Waals surface area contributed by atoms with Crippen molar-refractivity contribution in [2.75, 3.05) is 16.5 Å². The van der Waals surface area contributed by atoms with Crippen molar-refractivity contribution < 1.29 is 17.9 Å². The smallest absolute Gasteiger partial charge is 0.137 e. The van der Waals surface area contributed by atoms with Gasteiger partial charge in [0, 0.05) is 58.0 Å². The van der Waals surface area contributed by atoms with Crippen LogP contribution in [0.4, 0.5) is 35.9 Å². The maximum absolute atomic E-state index is 16.7. The Morgan fingerprint density at radius 3 is 1.78 bits per heavy atom. The first-order chi connectivity index (χ1) is 37.1. The third-order valence-electron chi connectivity index (χ3n) is 15.6. The third-order valence-corrected chi connectivity index (χ3v) is 15.6. The minimum absolute atomic E-state index is 0.0767. The number of rotatable bonds is 10. The number of aromatic nitrogens is 2. The zero-order valence-corrected chi connectivity index (χ0v) is 46.8. The van der Waals surface area contributed by atoms with Gasteiger partial charge >= 0.3 is 0 Å². The fraction of sp³-hybridized carbons (Fsp3) is 0.243. The maximum atomic E-state index is 16.7. The fourth-order valence-electron chi connectivity index (χ4n) is 11.3. The highest BCUT2D eigenvalue weighted by atomic mass is 19.1. The van der Waals surface area contributed by atoms with Crippen LogP contribution in [0.15, 0.2) is 164 Å². The van der Waals surface area contributed by atoms with Gasteiger partial charge in [-0.25, -0.2) is 18.2 Å². The lowest BCUT2D eigenvalue weighted by molar-refractivity contribution is 0.483. The van der Waals surface area contributed by atoms with E-state index in [1.165, 1.54) is 5.56 Å². The van der Waals surface area contributed by atoms with Crippen LogP contribution in [0.25, 0.3) is 61.0 Å². The van der Waals surface area contributed by atoms with Gasteiger partial charge in [0.25, 0.3) is 0 Å². The lowest BCUT2D eigenvalue weighted by Crippen LogP contribution is -2.25. The van der Waals surface area contributed by atoms with Gasteiger partial charge in [-0.3, -0.25) is 4.57 Å². The molecule has 5 nitrogen and oxygen atoms in total. The van der Waals surface area contributed by atoms with Crippen LogP contribution in [0.1, 0.15) is 114 Å². The van der Waals surface area contributed by atoms with Crippen molar-refractivity contribution in [1.29, 1.82) is 0 Å². The highest BCUT2D eigenvalue weighted by molar-refractivity contribution is 6.09. The number of fused-ring (bicyclic) bond motifs is 4. The first kappa shape index (κ1) is 52.0. The lowest BCUT2D eigenvalue weighted by atomic mass is 9.81. The van der Waals surface area contributed by atoms with E-state index in [1.807, 2.05) is 30.5 Å². The Hall–Kier alpha value is -8.10. The van der Waals surface area contributed by atoms with Crippen LogP contribution in [0.3, 0.4) is 0 Å². The Balaban J connectivity index is 1.12. The van der Waals surface area contributed by atoms with E-state index in [2.05, 4.69) is 219 Å². The quantitative estimate of drug-likeness (QED) is 0.137. The number of benzene rings is 8. The highest BCUT2D eigenvalue weighted by Gasteiger charge is 2.35. The molecular formula is C70H67F3N4O. The predicted octanol–water partition coefficient (Wildman–Crippen LogP) is 20.1. The second-order valence-electron chi connectivity index (χ2n) is 23.9. The van der Waals surface area contributed by atoms with Gasteiger partial charge < -0.3 is 14.5 Å². The summed E-state index contributed by atoms with van der Waals surface area (Å²) >= 11 is 0. The summed E-state index contributed by atoms with van der Waals surface area (Å²) in [5.41, 5.74) is 15.3. The van der Waals surface area contributed by atoms with Gasteiger partial charge in [0.15, 0.2) is 0 Å². The van der Waals surface area contributed by atoms with Gasteiger partial charge in [-0.15, -0.1) is 0 Å². The lowest BCUT2D eigenvalue weighted by Gasteiger charge is -2.31. The van der Waals surface area contributed by atoms with Crippen LogP contribution >= 0.6 is 0 Å². The highest BCUT2D eigenvalue weighted by Crippen LogP contribution is 2.53. The van der Waals surface area contributed by atoms with Gasteiger partial charge in [0.05, 0.1) is 33.7 Å². The molecule has 10 aromatic rings. The molecule has 78 heavy (non-hydrogen) atoms. The number of pyridine rings is 1. The molecular weight excluding hydrogens is 970 g/mol. The fourth-order valence-corrected chi connectivity index (χ4v) is 11.3.